The predicted molar refractivity (Wildman–Crippen MR) is 321 cm³/mol. The van der Waals surface area contributed by atoms with Crippen LogP contribution in [0.15, 0.2) is 72.9 Å². The van der Waals surface area contributed by atoms with E-state index in [2.05, 4.69) is 93.7 Å². The average Bonchev–Trinajstić information content (AvgIpc) is 3.40. The molecule has 0 heterocycles. The van der Waals surface area contributed by atoms with E-state index in [4.69, 9.17) is 14.2 Å². The van der Waals surface area contributed by atoms with Crippen LogP contribution >= 0.6 is 0 Å². The van der Waals surface area contributed by atoms with Crippen molar-refractivity contribution in [2.75, 3.05) is 13.2 Å². The first-order valence-corrected chi connectivity index (χ1v) is 31.9. The van der Waals surface area contributed by atoms with Crippen LogP contribution in [0.3, 0.4) is 0 Å². The summed E-state index contributed by atoms with van der Waals surface area (Å²) in [6.07, 6.45) is 80.4. The lowest BCUT2D eigenvalue weighted by atomic mass is 10.0. The van der Waals surface area contributed by atoms with E-state index >= 15 is 0 Å². The van der Waals surface area contributed by atoms with Crippen molar-refractivity contribution in [2.24, 2.45) is 0 Å². The smallest absolute Gasteiger partial charge is 0.306 e. The fourth-order valence-corrected chi connectivity index (χ4v) is 9.05. The Labute approximate surface area is 459 Å². The van der Waals surface area contributed by atoms with E-state index in [9.17, 15) is 14.4 Å². The number of esters is 3. The maximum atomic E-state index is 12.9. The summed E-state index contributed by atoms with van der Waals surface area (Å²) in [5, 5.41) is 0. The summed E-state index contributed by atoms with van der Waals surface area (Å²) in [6.45, 7) is 6.58. The van der Waals surface area contributed by atoms with Crippen LogP contribution < -0.4 is 0 Å². The summed E-state index contributed by atoms with van der Waals surface area (Å²) in [6, 6.07) is 0. The monoisotopic (exact) mass is 1030 g/mol. The van der Waals surface area contributed by atoms with Gasteiger partial charge >= 0.3 is 17.9 Å². The van der Waals surface area contributed by atoms with Gasteiger partial charge in [-0.05, 0) is 109 Å². The summed E-state index contributed by atoms with van der Waals surface area (Å²) < 4.78 is 16.9. The highest BCUT2D eigenvalue weighted by Gasteiger charge is 2.19. The molecule has 0 fully saturated rings. The van der Waals surface area contributed by atoms with Crippen molar-refractivity contribution in [1.82, 2.24) is 0 Å². The Hall–Kier alpha value is -3.15. The molecule has 0 radical (unpaired) electrons. The lowest BCUT2D eigenvalue weighted by Crippen LogP contribution is -2.30. The van der Waals surface area contributed by atoms with Gasteiger partial charge in [0.1, 0.15) is 13.2 Å². The van der Waals surface area contributed by atoms with Gasteiger partial charge in [0.15, 0.2) is 6.10 Å². The minimum atomic E-state index is -0.785. The number of carbonyl (C=O) groups excluding carboxylic acids is 3. The Morgan fingerprint density at radius 3 is 0.811 bits per heavy atom. The molecule has 74 heavy (non-hydrogen) atoms. The molecule has 0 N–H and O–H groups in total. The van der Waals surface area contributed by atoms with Gasteiger partial charge in [-0.2, -0.15) is 0 Å². The molecule has 0 spiro atoms. The topological polar surface area (TPSA) is 78.9 Å². The molecule has 1 atom stereocenters. The Bertz CT molecular complexity index is 1370. The highest BCUT2D eigenvalue weighted by atomic mass is 16.6. The number of allylic oxidation sites excluding steroid dienone is 12. The van der Waals surface area contributed by atoms with Crippen molar-refractivity contribution in [2.45, 2.75) is 329 Å². The number of hydrogen-bond donors (Lipinski definition) is 0. The molecule has 0 aromatic heterocycles. The first kappa shape index (κ1) is 70.8. The Morgan fingerprint density at radius 2 is 0.500 bits per heavy atom. The maximum absolute atomic E-state index is 12.9. The number of ether oxygens (including phenoxy) is 3. The number of rotatable bonds is 58. The van der Waals surface area contributed by atoms with Gasteiger partial charge in [0.25, 0.3) is 0 Å². The van der Waals surface area contributed by atoms with Crippen LogP contribution in [-0.4, -0.2) is 37.2 Å². The fourth-order valence-electron chi connectivity index (χ4n) is 9.05. The molecule has 0 saturated carbocycles. The van der Waals surface area contributed by atoms with E-state index in [1.165, 1.54) is 193 Å². The van der Waals surface area contributed by atoms with Gasteiger partial charge in [0, 0.05) is 19.3 Å². The summed E-state index contributed by atoms with van der Waals surface area (Å²) >= 11 is 0. The molecule has 1 unspecified atom stereocenters. The zero-order chi connectivity index (χ0) is 53.6. The molecule has 0 aliphatic carbocycles. The molecular formula is C68H120O6. The van der Waals surface area contributed by atoms with Crippen LogP contribution in [0.25, 0.3) is 0 Å². The van der Waals surface area contributed by atoms with Gasteiger partial charge < -0.3 is 14.2 Å². The Morgan fingerprint density at radius 1 is 0.270 bits per heavy atom. The maximum Gasteiger partial charge on any atom is 0.306 e. The summed E-state index contributed by atoms with van der Waals surface area (Å²) in [5.74, 6) is -0.888. The molecule has 0 saturated heterocycles. The quantitative estimate of drug-likeness (QED) is 0.0261. The number of carbonyl (C=O) groups is 3. The van der Waals surface area contributed by atoms with Crippen molar-refractivity contribution in [1.29, 1.82) is 0 Å². The van der Waals surface area contributed by atoms with Gasteiger partial charge in [-0.3, -0.25) is 14.4 Å². The van der Waals surface area contributed by atoms with Crippen molar-refractivity contribution >= 4 is 17.9 Å². The molecule has 0 aliphatic rings. The minimum absolute atomic E-state index is 0.0814. The average molecular weight is 1030 g/mol. The summed E-state index contributed by atoms with van der Waals surface area (Å²) in [5.41, 5.74) is 0. The Kier molecular flexibility index (Phi) is 59.7. The second-order valence-electron chi connectivity index (χ2n) is 21.3. The summed E-state index contributed by atoms with van der Waals surface area (Å²) in [7, 11) is 0. The third kappa shape index (κ3) is 59.7. The lowest BCUT2D eigenvalue weighted by molar-refractivity contribution is -0.167. The fraction of sp³-hybridized carbons (Fsp3) is 0.779. The van der Waals surface area contributed by atoms with Crippen molar-refractivity contribution in [3.63, 3.8) is 0 Å². The van der Waals surface area contributed by atoms with Crippen molar-refractivity contribution in [3.05, 3.63) is 72.9 Å². The molecule has 0 bridgehead atoms. The van der Waals surface area contributed by atoms with E-state index < -0.39 is 6.10 Å². The molecule has 6 nitrogen and oxygen atoms in total. The molecular weight excluding hydrogens is 913 g/mol. The van der Waals surface area contributed by atoms with E-state index in [0.717, 1.165) is 89.9 Å². The van der Waals surface area contributed by atoms with Crippen molar-refractivity contribution < 1.29 is 28.6 Å². The van der Waals surface area contributed by atoms with Crippen LogP contribution in [0.2, 0.25) is 0 Å². The van der Waals surface area contributed by atoms with Gasteiger partial charge in [-0.1, -0.05) is 267 Å². The molecule has 0 amide bonds. The first-order chi connectivity index (χ1) is 36.5. The van der Waals surface area contributed by atoms with Crippen LogP contribution in [0.1, 0.15) is 323 Å². The number of hydrogen-bond acceptors (Lipinski definition) is 6. The summed E-state index contributed by atoms with van der Waals surface area (Å²) in [4.78, 5) is 38.3. The SMILES string of the molecule is CCCC/C=C\C/C=C\CCCCCCCC(=O)OCC(COC(=O)CCCCCCCCCCCCC/C=C\C/C=C\CCCCCCC)OC(=O)CCCCCCCCCCC/C=C\C/C=C\CCCCC. The lowest BCUT2D eigenvalue weighted by Gasteiger charge is -2.18. The Balaban J connectivity index is 4.34. The van der Waals surface area contributed by atoms with Crippen LogP contribution in [-0.2, 0) is 28.6 Å². The van der Waals surface area contributed by atoms with E-state index in [1.807, 2.05) is 0 Å². The minimum Gasteiger partial charge on any atom is -0.462 e. The van der Waals surface area contributed by atoms with Crippen molar-refractivity contribution in [3.8, 4) is 0 Å². The molecule has 0 rings (SSSR count). The third-order valence-electron chi connectivity index (χ3n) is 13.9. The third-order valence-corrected chi connectivity index (χ3v) is 13.9. The van der Waals surface area contributed by atoms with Crippen LogP contribution in [0.4, 0.5) is 0 Å². The highest BCUT2D eigenvalue weighted by molar-refractivity contribution is 5.71. The van der Waals surface area contributed by atoms with Gasteiger partial charge in [-0.25, -0.2) is 0 Å². The standard InChI is InChI=1S/C68H120O6/c1-4-7-10-13-16-19-22-25-28-30-32-33-34-35-37-38-40-43-46-49-52-55-58-61-67(70)73-64-65(63-72-66(69)60-57-54-51-48-45-42-27-24-21-18-15-12-9-6-3)74-68(71)62-59-56-53-50-47-44-41-39-36-31-29-26-23-20-17-14-11-8-5-2/h15,17-18,20,22,24-27,29-30,32,65H,4-14,16,19,21,23,28,31,33-64H2,1-3H3/b18-15-,20-17-,25-22-,27-24-,29-26-,32-30-. The first-order valence-electron chi connectivity index (χ1n) is 31.9. The van der Waals surface area contributed by atoms with Gasteiger partial charge in [-0.15, -0.1) is 0 Å². The second kappa shape index (κ2) is 62.4. The predicted octanol–water partition coefficient (Wildman–Crippen LogP) is 21.7. The van der Waals surface area contributed by atoms with E-state index in [0.29, 0.717) is 19.3 Å². The molecule has 428 valence electrons. The highest BCUT2D eigenvalue weighted by Crippen LogP contribution is 2.16. The normalized spacial score (nSPS) is 12.5. The second-order valence-corrected chi connectivity index (χ2v) is 21.3. The van der Waals surface area contributed by atoms with Gasteiger partial charge in [0.2, 0.25) is 0 Å². The van der Waals surface area contributed by atoms with Crippen LogP contribution in [0.5, 0.6) is 0 Å². The van der Waals surface area contributed by atoms with Gasteiger partial charge in [0.05, 0.1) is 0 Å². The zero-order valence-electron chi connectivity index (χ0n) is 49.1. The van der Waals surface area contributed by atoms with E-state index in [1.54, 1.807) is 0 Å². The largest absolute Gasteiger partial charge is 0.462 e. The number of unbranched alkanes of at least 4 members (excludes halogenated alkanes) is 35. The molecule has 0 aromatic rings. The molecule has 0 aromatic carbocycles. The van der Waals surface area contributed by atoms with E-state index in [-0.39, 0.29) is 31.1 Å². The zero-order valence-corrected chi connectivity index (χ0v) is 49.1. The molecule has 0 aliphatic heterocycles. The molecule has 6 heteroatoms. The van der Waals surface area contributed by atoms with Crippen LogP contribution in [0, 0.1) is 0 Å².